The third-order valence-electron chi connectivity index (χ3n) is 7.44. The second-order valence-electron chi connectivity index (χ2n) is 9.58. The summed E-state index contributed by atoms with van der Waals surface area (Å²) in [6.07, 6.45) is 12.9. The quantitative estimate of drug-likeness (QED) is 0.355. The van der Waals surface area contributed by atoms with Gasteiger partial charge in [-0.25, -0.2) is 0 Å². The van der Waals surface area contributed by atoms with Crippen LogP contribution in [0.25, 0.3) is 0 Å². The molecule has 1 N–H and O–H groups in total. The molecule has 1 aliphatic heterocycles. The zero-order valence-electron chi connectivity index (χ0n) is 20.0. The molecule has 2 saturated carbocycles. The summed E-state index contributed by atoms with van der Waals surface area (Å²) in [5, 5.41) is 3.11. The van der Waals surface area contributed by atoms with Crippen molar-refractivity contribution in [2.45, 2.75) is 65.8 Å². The van der Waals surface area contributed by atoms with Crippen molar-refractivity contribution in [2.75, 3.05) is 13.7 Å². The van der Waals surface area contributed by atoms with Crippen molar-refractivity contribution in [3.05, 3.63) is 71.7 Å². The number of fused-ring (bicyclic) bond motifs is 1. The smallest absolute Gasteiger partial charge is 0.559 e. The van der Waals surface area contributed by atoms with E-state index in [1.807, 2.05) is 7.05 Å². The molecule has 4 unspecified atom stereocenters. The molecular weight excluding hydrogens is 604 g/mol. The number of ether oxygens (including phenoxy) is 1. The Balaban J connectivity index is 0.000000264. The predicted molar refractivity (Wildman–Crippen MR) is 128 cm³/mol. The van der Waals surface area contributed by atoms with Crippen LogP contribution in [0.4, 0.5) is 0 Å². The largest absolute Gasteiger partial charge is 2.00 e. The Labute approximate surface area is 215 Å². The first-order valence-corrected chi connectivity index (χ1v) is 11.9. The summed E-state index contributed by atoms with van der Waals surface area (Å²) in [6.45, 7) is 12.6. The molecule has 2 fully saturated rings. The average Bonchev–Trinajstić information content (AvgIpc) is 3.13. The topological polar surface area (TPSA) is 21.3 Å². The molecule has 0 saturated heterocycles. The van der Waals surface area contributed by atoms with Gasteiger partial charge >= 0.3 is 31.1 Å². The van der Waals surface area contributed by atoms with Crippen molar-refractivity contribution in [1.29, 1.82) is 0 Å². The SMILES string of the molecule is C=C1OCC=C1[CH-]CC1[C-](C)CCC2C(C)CCCC12.CNCc1cccc(C)c1.[U+2]. The summed E-state index contributed by atoms with van der Waals surface area (Å²) in [6, 6.07) is 8.52. The van der Waals surface area contributed by atoms with Crippen molar-refractivity contribution >= 4 is 0 Å². The molecule has 0 spiro atoms. The van der Waals surface area contributed by atoms with Crippen LogP contribution in [0.1, 0.15) is 63.5 Å². The molecule has 0 bridgehead atoms. The van der Waals surface area contributed by atoms with Gasteiger partial charge in [-0.05, 0) is 31.4 Å². The Bertz CT molecular complexity index is 727. The van der Waals surface area contributed by atoms with Crippen LogP contribution in [0.2, 0.25) is 0 Å². The van der Waals surface area contributed by atoms with Crippen LogP contribution >= 0.6 is 0 Å². The monoisotopic (exact) mass is 645 g/mol. The summed E-state index contributed by atoms with van der Waals surface area (Å²) >= 11 is 0. The number of rotatable bonds is 5. The Hall–Kier alpha value is -0.618. The first-order chi connectivity index (χ1) is 14.5. The predicted octanol–water partition coefficient (Wildman–Crippen LogP) is 6.82. The number of benzene rings is 1. The maximum absolute atomic E-state index is 5.43. The Morgan fingerprint density at radius 1 is 1.23 bits per heavy atom. The fourth-order valence-corrected chi connectivity index (χ4v) is 5.75. The summed E-state index contributed by atoms with van der Waals surface area (Å²) < 4.78 is 5.43. The number of hydrogen-bond acceptors (Lipinski definition) is 2. The first-order valence-electron chi connectivity index (χ1n) is 11.9. The third-order valence-corrected chi connectivity index (χ3v) is 7.44. The molecule has 1 aromatic carbocycles. The van der Waals surface area contributed by atoms with E-state index in [1.54, 1.807) is 5.92 Å². The summed E-state index contributed by atoms with van der Waals surface area (Å²) in [4.78, 5) is 0. The van der Waals surface area contributed by atoms with Crippen molar-refractivity contribution in [1.82, 2.24) is 5.32 Å². The van der Waals surface area contributed by atoms with E-state index >= 15 is 0 Å². The normalized spacial score (nSPS) is 27.7. The van der Waals surface area contributed by atoms with E-state index in [4.69, 9.17) is 4.74 Å². The summed E-state index contributed by atoms with van der Waals surface area (Å²) in [5.74, 6) is 6.25. The van der Waals surface area contributed by atoms with Gasteiger partial charge in [0.25, 0.3) is 0 Å². The van der Waals surface area contributed by atoms with Crippen LogP contribution in [0.5, 0.6) is 0 Å². The number of hydrogen-bond donors (Lipinski definition) is 1. The second-order valence-corrected chi connectivity index (χ2v) is 9.58. The number of aryl methyl sites for hydroxylation is 1. The summed E-state index contributed by atoms with van der Waals surface area (Å²) in [5.41, 5.74) is 3.92. The molecule has 1 heterocycles. The van der Waals surface area contributed by atoms with Gasteiger partial charge < -0.3 is 16.0 Å². The van der Waals surface area contributed by atoms with Gasteiger partial charge in [-0.3, -0.25) is 0 Å². The van der Waals surface area contributed by atoms with Crippen LogP contribution in [0.3, 0.4) is 0 Å². The van der Waals surface area contributed by atoms with E-state index in [0.717, 1.165) is 36.0 Å². The average molecular weight is 646 g/mol. The van der Waals surface area contributed by atoms with Crippen molar-refractivity contribution in [3.63, 3.8) is 0 Å². The fraction of sp³-hybridized carbons (Fsp3) is 0.571. The summed E-state index contributed by atoms with van der Waals surface area (Å²) in [7, 11) is 1.96. The molecule has 3 aliphatic rings. The van der Waals surface area contributed by atoms with Crippen LogP contribution in [0.15, 0.2) is 48.3 Å². The van der Waals surface area contributed by atoms with Gasteiger partial charge in [-0.15, -0.1) is 19.1 Å². The molecule has 4 atom stereocenters. The molecule has 0 radical (unpaired) electrons. The van der Waals surface area contributed by atoms with E-state index in [2.05, 4.69) is 69.4 Å². The fourth-order valence-electron chi connectivity index (χ4n) is 5.75. The zero-order valence-corrected chi connectivity index (χ0v) is 24.2. The maximum atomic E-state index is 5.43. The Morgan fingerprint density at radius 2 is 2.03 bits per heavy atom. The van der Waals surface area contributed by atoms with Gasteiger partial charge in [-0.1, -0.05) is 68.4 Å². The maximum Gasteiger partial charge on any atom is 2.00 e. The van der Waals surface area contributed by atoms with Crippen molar-refractivity contribution < 1.29 is 35.9 Å². The van der Waals surface area contributed by atoms with E-state index in [0.29, 0.717) is 6.61 Å². The van der Waals surface area contributed by atoms with Crippen molar-refractivity contribution in [2.24, 2.45) is 23.7 Å². The van der Waals surface area contributed by atoms with E-state index in [1.165, 1.54) is 55.2 Å². The second kappa shape index (κ2) is 13.2. The molecule has 1 aromatic rings. The molecule has 2 aliphatic carbocycles. The minimum absolute atomic E-state index is 0. The number of nitrogens with one attached hydrogen (secondary N) is 1. The third kappa shape index (κ3) is 7.45. The van der Waals surface area contributed by atoms with Gasteiger partial charge in [0, 0.05) is 18.9 Å². The molecule has 0 amide bonds. The molecule has 4 rings (SSSR count). The molecular formula is C28H41NOU. The standard InChI is InChI=1S/C19H28O.C9H13N.U/c1-13-5-4-6-19-17(13)9-7-14(2)18(19)10-8-16-11-12-20-15(16)3;1-8-4-3-5-9(6-8)7-10-2;/h8,11,13,17-19H,3-7,9-10,12H2,1-2H3;3-6,10H,7H2,1-2H3;/q-2;;+2. The van der Waals surface area contributed by atoms with E-state index in [9.17, 15) is 0 Å². The van der Waals surface area contributed by atoms with Crippen molar-refractivity contribution in [3.8, 4) is 0 Å². The zero-order chi connectivity index (χ0) is 21.5. The Morgan fingerprint density at radius 3 is 2.71 bits per heavy atom. The van der Waals surface area contributed by atoms with Gasteiger partial charge in [0.2, 0.25) is 0 Å². The molecule has 3 heteroatoms. The minimum Gasteiger partial charge on any atom is -0.559 e. The molecule has 2 nitrogen and oxygen atoms in total. The Kier molecular flexibility index (Phi) is 11.3. The van der Waals surface area contributed by atoms with Gasteiger partial charge in [0.1, 0.15) is 0 Å². The van der Waals surface area contributed by atoms with Crippen LogP contribution in [-0.4, -0.2) is 13.7 Å². The minimum atomic E-state index is 0. The molecule has 0 aromatic heterocycles. The van der Waals surface area contributed by atoms with Crippen LogP contribution in [-0.2, 0) is 11.3 Å². The number of allylic oxidation sites excluding steroid dienone is 1. The van der Waals surface area contributed by atoms with Gasteiger partial charge in [-0.2, -0.15) is 31.3 Å². The van der Waals surface area contributed by atoms with Gasteiger partial charge in [0.05, 0.1) is 0 Å². The van der Waals surface area contributed by atoms with Crippen LogP contribution < -0.4 is 5.32 Å². The van der Waals surface area contributed by atoms with Gasteiger partial charge in [0.15, 0.2) is 0 Å². The van der Waals surface area contributed by atoms with E-state index < -0.39 is 0 Å². The first kappa shape index (κ1) is 26.6. The van der Waals surface area contributed by atoms with E-state index in [-0.39, 0.29) is 31.1 Å². The molecule has 168 valence electrons. The molecule has 31 heavy (non-hydrogen) atoms. The van der Waals surface area contributed by atoms with Crippen LogP contribution in [0, 0.1) is 74.0 Å².